The van der Waals surface area contributed by atoms with Gasteiger partial charge in [-0.25, -0.2) is 0 Å². The SMILES string of the molecule is CC(C)N1CCN(C2(CN)Cc3ccccc3C2)CC1. The van der Waals surface area contributed by atoms with Gasteiger partial charge in [0.2, 0.25) is 0 Å². The Morgan fingerprint density at radius 2 is 1.60 bits per heavy atom. The van der Waals surface area contributed by atoms with E-state index >= 15 is 0 Å². The van der Waals surface area contributed by atoms with Crippen LogP contribution in [-0.2, 0) is 12.8 Å². The quantitative estimate of drug-likeness (QED) is 0.906. The van der Waals surface area contributed by atoms with Crippen molar-refractivity contribution in [3.8, 4) is 0 Å². The molecule has 1 fully saturated rings. The average Bonchev–Trinajstić information content (AvgIpc) is 2.87. The van der Waals surface area contributed by atoms with Crippen molar-refractivity contribution in [2.75, 3.05) is 32.7 Å². The lowest BCUT2D eigenvalue weighted by molar-refractivity contribution is 0.0308. The molecule has 0 spiro atoms. The fraction of sp³-hybridized carbons (Fsp3) is 0.647. The molecule has 1 aliphatic carbocycles. The van der Waals surface area contributed by atoms with Crippen molar-refractivity contribution in [3.05, 3.63) is 35.4 Å². The van der Waals surface area contributed by atoms with Crippen molar-refractivity contribution in [1.29, 1.82) is 0 Å². The van der Waals surface area contributed by atoms with E-state index in [9.17, 15) is 0 Å². The number of fused-ring (bicyclic) bond motifs is 1. The molecule has 2 aliphatic rings. The zero-order chi connectivity index (χ0) is 14.2. The van der Waals surface area contributed by atoms with Crippen LogP contribution in [-0.4, -0.2) is 54.1 Å². The van der Waals surface area contributed by atoms with Crippen LogP contribution in [0.1, 0.15) is 25.0 Å². The molecule has 1 aliphatic heterocycles. The van der Waals surface area contributed by atoms with E-state index in [0.717, 1.165) is 32.5 Å². The lowest BCUT2D eigenvalue weighted by Gasteiger charge is -2.46. The molecule has 1 aromatic rings. The highest BCUT2D eigenvalue weighted by atomic mass is 15.3. The lowest BCUT2D eigenvalue weighted by atomic mass is 9.92. The van der Waals surface area contributed by atoms with E-state index in [-0.39, 0.29) is 5.54 Å². The zero-order valence-electron chi connectivity index (χ0n) is 12.8. The summed E-state index contributed by atoms with van der Waals surface area (Å²) in [6, 6.07) is 9.52. The van der Waals surface area contributed by atoms with Crippen LogP contribution in [0.25, 0.3) is 0 Å². The Kier molecular flexibility index (Phi) is 3.85. The number of piperazine rings is 1. The summed E-state index contributed by atoms with van der Waals surface area (Å²) in [5.74, 6) is 0. The molecular weight excluding hydrogens is 246 g/mol. The number of nitrogens with two attached hydrogens (primary N) is 1. The minimum absolute atomic E-state index is 0.173. The smallest absolute Gasteiger partial charge is 0.0413 e. The van der Waals surface area contributed by atoms with Crippen LogP contribution >= 0.6 is 0 Å². The molecule has 1 saturated heterocycles. The summed E-state index contributed by atoms with van der Waals surface area (Å²) in [5.41, 5.74) is 9.40. The topological polar surface area (TPSA) is 32.5 Å². The van der Waals surface area contributed by atoms with Crippen molar-refractivity contribution >= 4 is 0 Å². The second-order valence-corrected chi connectivity index (χ2v) is 6.67. The van der Waals surface area contributed by atoms with Gasteiger partial charge in [0.15, 0.2) is 0 Å². The van der Waals surface area contributed by atoms with Crippen LogP contribution in [0.2, 0.25) is 0 Å². The van der Waals surface area contributed by atoms with Gasteiger partial charge in [-0.15, -0.1) is 0 Å². The Bertz CT molecular complexity index is 436. The molecule has 0 saturated carbocycles. The number of rotatable bonds is 3. The molecule has 0 amide bonds. The summed E-state index contributed by atoms with van der Waals surface area (Å²) in [5, 5.41) is 0. The molecule has 3 heteroatoms. The number of hydrogen-bond acceptors (Lipinski definition) is 3. The predicted molar refractivity (Wildman–Crippen MR) is 83.9 cm³/mol. The van der Waals surface area contributed by atoms with E-state index < -0.39 is 0 Å². The monoisotopic (exact) mass is 273 g/mol. The van der Waals surface area contributed by atoms with Gasteiger partial charge in [0.05, 0.1) is 0 Å². The van der Waals surface area contributed by atoms with E-state index in [1.165, 1.54) is 24.2 Å². The number of nitrogens with zero attached hydrogens (tertiary/aromatic N) is 2. The van der Waals surface area contributed by atoms with Gasteiger partial charge < -0.3 is 5.73 Å². The summed E-state index contributed by atoms with van der Waals surface area (Å²) < 4.78 is 0. The summed E-state index contributed by atoms with van der Waals surface area (Å²) in [6.45, 7) is 10.0. The second-order valence-electron chi connectivity index (χ2n) is 6.67. The van der Waals surface area contributed by atoms with Gasteiger partial charge in [-0.3, -0.25) is 9.80 Å². The van der Waals surface area contributed by atoms with Gasteiger partial charge in [0.25, 0.3) is 0 Å². The van der Waals surface area contributed by atoms with Crippen molar-refractivity contribution < 1.29 is 0 Å². The van der Waals surface area contributed by atoms with E-state index in [4.69, 9.17) is 5.73 Å². The average molecular weight is 273 g/mol. The normalized spacial score (nSPS) is 23.2. The third-order valence-corrected chi connectivity index (χ3v) is 5.25. The Hall–Kier alpha value is -0.900. The highest BCUT2D eigenvalue weighted by Crippen LogP contribution is 2.34. The molecule has 110 valence electrons. The zero-order valence-corrected chi connectivity index (χ0v) is 12.8. The second kappa shape index (κ2) is 5.47. The molecule has 1 aromatic carbocycles. The number of benzene rings is 1. The largest absolute Gasteiger partial charge is 0.329 e. The Labute approximate surface area is 122 Å². The highest BCUT2D eigenvalue weighted by Gasteiger charge is 2.42. The molecule has 0 radical (unpaired) electrons. The predicted octanol–water partition coefficient (Wildman–Crippen LogP) is 1.51. The third kappa shape index (κ3) is 2.39. The first kappa shape index (κ1) is 14.1. The molecule has 3 rings (SSSR count). The maximum absolute atomic E-state index is 6.22. The molecule has 0 atom stereocenters. The van der Waals surface area contributed by atoms with Gasteiger partial charge in [0, 0.05) is 44.3 Å². The summed E-state index contributed by atoms with van der Waals surface area (Å²) >= 11 is 0. The summed E-state index contributed by atoms with van der Waals surface area (Å²) in [4.78, 5) is 5.23. The van der Waals surface area contributed by atoms with Crippen molar-refractivity contribution in [3.63, 3.8) is 0 Å². The molecule has 0 unspecified atom stereocenters. The highest BCUT2D eigenvalue weighted by molar-refractivity contribution is 5.36. The van der Waals surface area contributed by atoms with Crippen molar-refractivity contribution in [2.24, 2.45) is 5.73 Å². The van der Waals surface area contributed by atoms with E-state index in [0.29, 0.717) is 6.04 Å². The van der Waals surface area contributed by atoms with Gasteiger partial charge in [-0.05, 0) is 37.8 Å². The number of hydrogen-bond donors (Lipinski definition) is 1. The molecule has 1 heterocycles. The minimum atomic E-state index is 0.173. The Morgan fingerprint density at radius 3 is 2.05 bits per heavy atom. The summed E-state index contributed by atoms with van der Waals surface area (Å²) in [7, 11) is 0. The van der Waals surface area contributed by atoms with Crippen LogP contribution < -0.4 is 5.73 Å². The molecule has 0 bridgehead atoms. The van der Waals surface area contributed by atoms with Crippen LogP contribution in [0, 0.1) is 0 Å². The Balaban J connectivity index is 1.73. The molecule has 20 heavy (non-hydrogen) atoms. The Morgan fingerprint density at radius 1 is 1.05 bits per heavy atom. The van der Waals surface area contributed by atoms with E-state index in [1.807, 2.05) is 0 Å². The van der Waals surface area contributed by atoms with Crippen molar-refractivity contribution in [1.82, 2.24) is 9.80 Å². The first-order chi connectivity index (χ1) is 9.64. The first-order valence-corrected chi connectivity index (χ1v) is 7.90. The first-order valence-electron chi connectivity index (χ1n) is 7.90. The fourth-order valence-corrected chi connectivity index (χ4v) is 3.88. The lowest BCUT2D eigenvalue weighted by Crippen LogP contribution is -2.61. The maximum Gasteiger partial charge on any atom is 0.0413 e. The van der Waals surface area contributed by atoms with Crippen LogP contribution in [0.4, 0.5) is 0 Å². The van der Waals surface area contributed by atoms with Crippen LogP contribution in [0.3, 0.4) is 0 Å². The third-order valence-electron chi connectivity index (χ3n) is 5.25. The maximum atomic E-state index is 6.22. The molecule has 3 nitrogen and oxygen atoms in total. The van der Waals surface area contributed by atoms with Gasteiger partial charge in [-0.1, -0.05) is 24.3 Å². The van der Waals surface area contributed by atoms with Crippen LogP contribution in [0.15, 0.2) is 24.3 Å². The minimum Gasteiger partial charge on any atom is -0.329 e. The van der Waals surface area contributed by atoms with Gasteiger partial charge in [0.1, 0.15) is 0 Å². The molecule has 0 aromatic heterocycles. The van der Waals surface area contributed by atoms with Crippen LogP contribution in [0.5, 0.6) is 0 Å². The van der Waals surface area contributed by atoms with Crippen molar-refractivity contribution in [2.45, 2.75) is 38.3 Å². The van der Waals surface area contributed by atoms with E-state index in [2.05, 4.69) is 47.9 Å². The summed E-state index contributed by atoms with van der Waals surface area (Å²) in [6.07, 6.45) is 2.25. The van der Waals surface area contributed by atoms with Gasteiger partial charge in [-0.2, -0.15) is 0 Å². The van der Waals surface area contributed by atoms with Gasteiger partial charge >= 0.3 is 0 Å². The van der Waals surface area contributed by atoms with E-state index in [1.54, 1.807) is 0 Å². The standard InChI is InChI=1S/C17H27N3/c1-14(2)19-7-9-20(10-8-19)17(13-18)11-15-5-3-4-6-16(15)12-17/h3-6,14H,7-13,18H2,1-2H3. The fourth-order valence-electron chi connectivity index (χ4n) is 3.88. The molecular formula is C17H27N3. The molecule has 2 N–H and O–H groups in total.